The molecular formula is C23H30N4O3. The molecule has 1 aromatic heterocycles. The molecule has 1 unspecified atom stereocenters. The normalized spacial score (nSPS) is 12.2. The summed E-state index contributed by atoms with van der Waals surface area (Å²) < 4.78 is 0. The van der Waals surface area contributed by atoms with E-state index in [9.17, 15) is 14.4 Å². The molecule has 7 nitrogen and oxygen atoms in total. The molecule has 1 heterocycles. The monoisotopic (exact) mass is 410 g/mol. The maximum absolute atomic E-state index is 12.6. The van der Waals surface area contributed by atoms with Crippen molar-refractivity contribution in [1.29, 1.82) is 0 Å². The minimum Gasteiger partial charge on any atom is -0.345 e. The van der Waals surface area contributed by atoms with E-state index in [0.29, 0.717) is 11.3 Å². The van der Waals surface area contributed by atoms with Crippen molar-refractivity contribution in [2.45, 2.75) is 46.1 Å². The van der Waals surface area contributed by atoms with Crippen molar-refractivity contribution in [3.05, 3.63) is 59.9 Å². The van der Waals surface area contributed by atoms with Crippen molar-refractivity contribution >= 4 is 23.4 Å². The van der Waals surface area contributed by atoms with Gasteiger partial charge in [0.05, 0.1) is 18.4 Å². The Hall–Kier alpha value is -3.22. The van der Waals surface area contributed by atoms with Crippen molar-refractivity contribution in [2.24, 2.45) is 5.92 Å². The summed E-state index contributed by atoms with van der Waals surface area (Å²) in [6.45, 7) is 9.78. The number of carbonyl (C=O) groups is 3. The summed E-state index contributed by atoms with van der Waals surface area (Å²) in [6.07, 6.45) is 3.12. The fourth-order valence-corrected chi connectivity index (χ4v) is 2.80. The van der Waals surface area contributed by atoms with Crippen LogP contribution in [-0.2, 0) is 15.0 Å². The highest BCUT2D eigenvalue weighted by atomic mass is 16.2. The molecule has 0 bridgehead atoms. The molecule has 0 saturated carbocycles. The lowest BCUT2D eigenvalue weighted by molar-refractivity contribution is -0.126. The van der Waals surface area contributed by atoms with Crippen LogP contribution in [0.1, 0.15) is 50.5 Å². The van der Waals surface area contributed by atoms with E-state index in [1.807, 2.05) is 26.0 Å². The van der Waals surface area contributed by atoms with Crippen LogP contribution >= 0.6 is 0 Å². The van der Waals surface area contributed by atoms with E-state index in [-0.39, 0.29) is 29.7 Å². The van der Waals surface area contributed by atoms with Gasteiger partial charge in [0.2, 0.25) is 11.8 Å². The second kappa shape index (κ2) is 10.0. The third-order valence-electron chi connectivity index (χ3n) is 4.62. The van der Waals surface area contributed by atoms with Gasteiger partial charge in [0.1, 0.15) is 6.04 Å². The number of rotatable bonds is 7. The zero-order chi connectivity index (χ0) is 22.3. The van der Waals surface area contributed by atoms with Gasteiger partial charge in [0.15, 0.2) is 0 Å². The van der Waals surface area contributed by atoms with E-state index < -0.39 is 11.9 Å². The summed E-state index contributed by atoms with van der Waals surface area (Å²) in [5.74, 6) is -1.26. The van der Waals surface area contributed by atoms with Gasteiger partial charge in [-0.05, 0) is 41.2 Å². The largest absolute Gasteiger partial charge is 0.345 e. The number of anilines is 1. The minimum absolute atomic E-state index is 0.00819. The van der Waals surface area contributed by atoms with Crippen LogP contribution in [0.3, 0.4) is 0 Å². The zero-order valence-corrected chi connectivity index (χ0v) is 18.2. The molecule has 3 N–H and O–H groups in total. The van der Waals surface area contributed by atoms with Gasteiger partial charge in [0.25, 0.3) is 5.91 Å². The third kappa shape index (κ3) is 6.69. The van der Waals surface area contributed by atoms with E-state index >= 15 is 0 Å². The quantitative estimate of drug-likeness (QED) is 0.653. The average molecular weight is 411 g/mol. The summed E-state index contributed by atoms with van der Waals surface area (Å²) in [5.41, 5.74) is 2.14. The second-order valence-electron chi connectivity index (χ2n) is 8.53. The molecule has 0 aliphatic heterocycles. The molecule has 0 aliphatic rings. The lowest BCUT2D eigenvalue weighted by Gasteiger charge is -2.22. The molecule has 3 amide bonds. The SMILES string of the molecule is CC(C)C(NC(=O)c1ccc(C(C)(C)C)cc1)C(=O)NCC(=O)Nc1cccnc1. The molecule has 160 valence electrons. The molecular weight excluding hydrogens is 380 g/mol. The first-order valence-corrected chi connectivity index (χ1v) is 9.97. The van der Waals surface area contributed by atoms with Crippen LogP contribution in [0.15, 0.2) is 48.8 Å². The zero-order valence-electron chi connectivity index (χ0n) is 18.2. The van der Waals surface area contributed by atoms with Gasteiger partial charge in [-0.2, -0.15) is 0 Å². The van der Waals surface area contributed by atoms with Gasteiger partial charge in [0, 0.05) is 11.8 Å². The first-order chi connectivity index (χ1) is 14.1. The van der Waals surface area contributed by atoms with Crippen LogP contribution in [-0.4, -0.2) is 35.3 Å². The minimum atomic E-state index is -0.758. The Morgan fingerprint density at radius 3 is 2.23 bits per heavy atom. The fraction of sp³-hybridized carbons (Fsp3) is 0.391. The highest BCUT2D eigenvalue weighted by molar-refractivity contribution is 5.99. The van der Waals surface area contributed by atoms with Crippen LogP contribution in [0.4, 0.5) is 5.69 Å². The summed E-state index contributed by atoms with van der Waals surface area (Å²) >= 11 is 0. The average Bonchev–Trinajstić information content (AvgIpc) is 2.70. The van der Waals surface area contributed by atoms with Gasteiger partial charge in [-0.15, -0.1) is 0 Å². The van der Waals surface area contributed by atoms with E-state index in [2.05, 4.69) is 41.7 Å². The van der Waals surface area contributed by atoms with E-state index in [0.717, 1.165) is 5.56 Å². The highest BCUT2D eigenvalue weighted by Crippen LogP contribution is 2.22. The highest BCUT2D eigenvalue weighted by Gasteiger charge is 2.25. The van der Waals surface area contributed by atoms with Gasteiger partial charge in [-0.1, -0.05) is 46.8 Å². The molecule has 1 aromatic carbocycles. The molecule has 2 rings (SSSR count). The van der Waals surface area contributed by atoms with Crippen molar-refractivity contribution in [1.82, 2.24) is 15.6 Å². The molecule has 1 atom stereocenters. The maximum atomic E-state index is 12.6. The van der Waals surface area contributed by atoms with Gasteiger partial charge in [-0.3, -0.25) is 19.4 Å². The van der Waals surface area contributed by atoms with Crippen LogP contribution in [0.25, 0.3) is 0 Å². The van der Waals surface area contributed by atoms with Crippen molar-refractivity contribution in [2.75, 3.05) is 11.9 Å². The van der Waals surface area contributed by atoms with Gasteiger partial charge < -0.3 is 16.0 Å². The number of carbonyl (C=O) groups excluding carboxylic acids is 3. The molecule has 0 aliphatic carbocycles. The van der Waals surface area contributed by atoms with Crippen molar-refractivity contribution < 1.29 is 14.4 Å². The van der Waals surface area contributed by atoms with E-state index in [1.54, 1.807) is 30.5 Å². The van der Waals surface area contributed by atoms with Gasteiger partial charge >= 0.3 is 0 Å². The Morgan fingerprint density at radius 2 is 1.70 bits per heavy atom. The molecule has 0 saturated heterocycles. The van der Waals surface area contributed by atoms with Crippen molar-refractivity contribution in [3.63, 3.8) is 0 Å². The summed E-state index contributed by atoms with van der Waals surface area (Å²) in [4.78, 5) is 41.1. The topological polar surface area (TPSA) is 100 Å². The number of hydrogen-bond donors (Lipinski definition) is 3. The standard InChI is InChI=1S/C23H30N4O3/c1-15(2)20(22(30)25-14-19(28)26-18-7-6-12-24-13-18)27-21(29)16-8-10-17(11-9-16)23(3,4)5/h6-13,15,20H,14H2,1-5H3,(H,25,30)(H,26,28)(H,27,29). The number of pyridine rings is 1. The number of nitrogens with one attached hydrogen (secondary N) is 3. The number of nitrogens with zero attached hydrogens (tertiary/aromatic N) is 1. The maximum Gasteiger partial charge on any atom is 0.251 e. The van der Waals surface area contributed by atoms with Gasteiger partial charge in [-0.25, -0.2) is 0 Å². The smallest absolute Gasteiger partial charge is 0.251 e. The molecule has 30 heavy (non-hydrogen) atoms. The second-order valence-corrected chi connectivity index (χ2v) is 8.53. The number of benzene rings is 1. The van der Waals surface area contributed by atoms with E-state index in [4.69, 9.17) is 0 Å². The van der Waals surface area contributed by atoms with E-state index in [1.165, 1.54) is 6.20 Å². The number of amides is 3. The third-order valence-corrected chi connectivity index (χ3v) is 4.62. The Morgan fingerprint density at radius 1 is 1.03 bits per heavy atom. The molecule has 0 spiro atoms. The summed E-state index contributed by atoms with van der Waals surface area (Å²) in [6, 6.07) is 10.00. The Kier molecular flexibility index (Phi) is 7.69. The predicted octanol–water partition coefficient (Wildman–Crippen LogP) is 2.89. The Balaban J connectivity index is 1.95. The van der Waals surface area contributed by atoms with Crippen LogP contribution in [0.2, 0.25) is 0 Å². The lowest BCUT2D eigenvalue weighted by atomic mass is 9.86. The summed E-state index contributed by atoms with van der Waals surface area (Å²) in [7, 11) is 0. The van der Waals surface area contributed by atoms with Crippen LogP contribution in [0, 0.1) is 5.92 Å². The van der Waals surface area contributed by atoms with Crippen molar-refractivity contribution in [3.8, 4) is 0 Å². The fourth-order valence-electron chi connectivity index (χ4n) is 2.80. The predicted molar refractivity (Wildman–Crippen MR) is 117 cm³/mol. The first kappa shape index (κ1) is 23.1. The van der Waals surface area contributed by atoms with Crippen LogP contribution in [0.5, 0.6) is 0 Å². The van der Waals surface area contributed by atoms with Crippen LogP contribution < -0.4 is 16.0 Å². The molecule has 0 fully saturated rings. The molecule has 0 radical (unpaired) electrons. The Bertz CT molecular complexity index is 872. The lowest BCUT2D eigenvalue weighted by Crippen LogP contribution is -2.51. The number of aromatic nitrogens is 1. The summed E-state index contributed by atoms with van der Waals surface area (Å²) in [5, 5.41) is 8.00. The first-order valence-electron chi connectivity index (χ1n) is 9.97. The molecule has 7 heteroatoms. The Labute approximate surface area is 177 Å². The molecule has 2 aromatic rings. The number of hydrogen-bond acceptors (Lipinski definition) is 4.